The Morgan fingerprint density at radius 1 is 0.952 bits per heavy atom. The van der Waals surface area contributed by atoms with Gasteiger partial charge < -0.3 is 15.4 Å². The van der Waals surface area contributed by atoms with Crippen molar-refractivity contribution in [3.63, 3.8) is 0 Å². The van der Waals surface area contributed by atoms with E-state index in [-0.39, 0.29) is 23.7 Å². The molecule has 0 radical (unpaired) electrons. The first kappa shape index (κ1) is 18.0. The van der Waals surface area contributed by atoms with Gasteiger partial charge in [-0.05, 0) is 32.1 Å². The third-order valence-corrected chi connectivity index (χ3v) is 4.15. The normalized spacial score (nSPS) is 21.8. The summed E-state index contributed by atoms with van der Waals surface area (Å²) < 4.78 is 4.92. The van der Waals surface area contributed by atoms with Crippen LogP contribution in [0.4, 0.5) is 0 Å². The highest BCUT2D eigenvalue weighted by atomic mass is 16.5. The molecule has 0 bridgehead atoms. The number of unbranched alkanes of at least 4 members (excludes halogenated alkanes) is 2. The van der Waals surface area contributed by atoms with Gasteiger partial charge in [0.2, 0.25) is 11.8 Å². The molecule has 2 amide bonds. The van der Waals surface area contributed by atoms with Gasteiger partial charge >= 0.3 is 0 Å². The molecule has 122 valence electrons. The van der Waals surface area contributed by atoms with Crippen molar-refractivity contribution in [2.24, 2.45) is 11.8 Å². The molecule has 0 saturated heterocycles. The largest absolute Gasteiger partial charge is 0.383 e. The maximum absolute atomic E-state index is 12.0. The second-order valence-corrected chi connectivity index (χ2v) is 5.83. The summed E-state index contributed by atoms with van der Waals surface area (Å²) in [5, 5.41) is 5.90. The molecule has 0 aromatic heterocycles. The lowest BCUT2D eigenvalue weighted by Crippen LogP contribution is -2.38. The molecule has 0 heterocycles. The van der Waals surface area contributed by atoms with Crippen molar-refractivity contribution in [2.75, 3.05) is 26.8 Å². The van der Waals surface area contributed by atoms with Gasteiger partial charge in [-0.2, -0.15) is 0 Å². The highest BCUT2D eigenvalue weighted by Gasteiger charge is 2.29. The fourth-order valence-electron chi connectivity index (χ4n) is 2.77. The lowest BCUT2D eigenvalue weighted by Gasteiger charge is -2.27. The van der Waals surface area contributed by atoms with E-state index in [0.29, 0.717) is 13.2 Å². The molecule has 5 heteroatoms. The lowest BCUT2D eigenvalue weighted by atomic mass is 9.81. The number of methoxy groups -OCH3 is 1. The number of nitrogens with one attached hydrogen (secondary N) is 2. The van der Waals surface area contributed by atoms with Gasteiger partial charge in [0, 0.05) is 32.0 Å². The van der Waals surface area contributed by atoms with Crippen LogP contribution in [-0.2, 0) is 14.3 Å². The molecule has 1 aliphatic rings. The first-order valence-corrected chi connectivity index (χ1v) is 8.23. The fraction of sp³-hybridized carbons (Fsp3) is 0.875. The van der Waals surface area contributed by atoms with Crippen molar-refractivity contribution < 1.29 is 14.3 Å². The summed E-state index contributed by atoms with van der Waals surface area (Å²) in [5.41, 5.74) is 0. The van der Waals surface area contributed by atoms with Crippen LogP contribution in [0.2, 0.25) is 0 Å². The van der Waals surface area contributed by atoms with Crippen molar-refractivity contribution in [3.8, 4) is 0 Å². The topological polar surface area (TPSA) is 67.4 Å². The molecular formula is C16H30N2O3. The van der Waals surface area contributed by atoms with Gasteiger partial charge in [0.1, 0.15) is 0 Å². The molecule has 1 fully saturated rings. The van der Waals surface area contributed by atoms with Gasteiger partial charge in [0.15, 0.2) is 0 Å². The van der Waals surface area contributed by atoms with Gasteiger partial charge in [0.05, 0.1) is 6.61 Å². The molecule has 5 nitrogen and oxygen atoms in total. The number of amides is 2. The zero-order valence-corrected chi connectivity index (χ0v) is 13.5. The molecule has 21 heavy (non-hydrogen) atoms. The van der Waals surface area contributed by atoms with Crippen LogP contribution >= 0.6 is 0 Å². The molecule has 0 unspecified atom stereocenters. The lowest BCUT2D eigenvalue weighted by molar-refractivity contribution is -0.130. The predicted octanol–water partition coefficient (Wildman–Crippen LogP) is 1.86. The highest BCUT2D eigenvalue weighted by molar-refractivity contribution is 5.81. The Hall–Kier alpha value is -1.10. The van der Waals surface area contributed by atoms with Crippen LogP contribution in [0, 0.1) is 11.8 Å². The van der Waals surface area contributed by atoms with E-state index in [9.17, 15) is 9.59 Å². The first-order valence-electron chi connectivity index (χ1n) is 8.23. The average Bonchev–Trinajstić information content (AvgIpc) is 2.51. The Labute approximate surface area is 128 Å². The Bertz CT molecular complexity index is 313. The average molecular weight is 298 g/mol. The van der Waals surface area contributed by atoms with Gasteiger partial charge in [-0.25, -0.2) is 0 Å². The zero-order valence-electron chi connectivity index (χ0n) is 13.5. The van der Waals surface area contributed by atoms with E-state index < -0.39 is 0 Å². The molecule has 0 spiro atoms. The minimum atomic E-state index is 0.0611. The van der Waals surface area contributed by atoms with Crippen LogP contribution in [0.25, 0.3) is 0 Å². The number of ether oxygens (including phenoxy) is 1. The Kier molecular flexibility index (Phi) is 9.06. The van der Waals surface area contributed by atoms with Crippen molar-refractivity contribution in [2.45, 2.75) is 51.9 Å². The Morgan fingerprint density at radius 2 is 1.48 bits per heavy atom. The van der Waals surface area contributed by atoms with E-state index in [2.05, 4.69) is 17.6 Å². The van der Waals surface area contributed by atoms with Crippen molar-refractivity contribution in [1.29, 1.82) is 0 Å². The molecule has 1 saturated carbocycles. The van der Waals surface area contributed by atoms with Crippen LogP contribution in [-0.4, -0.2) is 38.6 Å². The number of carbonyl (C=O) groups is 2. The van der Waals surface area contributed by atoms with E-state index in [0.717, 1.165) is 45.1 Å². The van der Waals surface area contributed by atoms with Crippen molar-refractivity contribution in [3.05, 3.63) is 0 Å². The summed E-state index contributed by atoms with van der Waals surface area (Å²) in [6, 6.07) is 0. The maximum atomic E-state index is 12.0. The Morgan fingerprint density at radius 3 is 1.95 bits per heavy atom. The molecule has 0 aromatic carbocycles. The molecule has 0 atom stereocenters. The van der Waals surface area contributed by atoms with E-state index in [1.165, 1.54) is 6.42 Å². The standard InChI is InChI=1S/C16H30N2O3/c1-3-4-5-10-17-15(19)13-6-8-14(9-7-13)16(20)18-11-12-21-2/h13-14H,3-12H2,1-2H3,(H,17,19)(H,18,20). The summed E-state index contributed by atoms with van der Waals surface area (Å²) in [7, 11) is 1.62. The molecule has 0 aliphatic heterocycles. The second-order valence-electron chi connectivity index (χ2n) is 5.83. The van der Waals surface area contributed by atoms with E-state index in [1.807, 2.05) is 0 Å². The van der Waals surface area contributed by atoms with E-state index in [1.54, 1.807) is 7.11 Å². The van der Waals surface area contributed by atoms with Gasteiger partial charge in [-0.15, -0.1) is 0 Å². The number of hydrogen-bond acceptors (Lipinski definition) is 3. The maximum Gasteiger partial charge on any atom is 0.223 e. The van der Waals surface area contributed by atoms with E-state index >= 15 is 0 Å². The zero-order chi connectivity index (χ0) is 15.5. The van der Waals surface area contributed by atoms with Crippen LogP contribution < -0.4 is 10.6 Å². The summed E-state index contributed by atoms with van der Waals surface area (Å²) in [6.45, 7) is 4.04. The number of hydrogen-bond donors (Lipinski definition) is 2. The predicted molar refractivity (Wildman–Crippen MR) is 82.9 cm³/mol. The molecule has 0 aromatic rings. The Balaban J connectivity index is 2.18. The third-order valence-electron chi connectivity index (χ3n) is 4.15. The highest BCUT2D eigenvalue weighted by Crippen LogP contribution is 2.29. The van der Waals surface area contributed by atoms with Crippen molar-refractivity contribution in [1.82, 2.24) is 10.6 Å². The molecule has 1 aliphatic carbocycles. The molecule has 2 N–H and O–H groups in total. The first-order chi connectivity index (χ1) is 10.2. The van der Waals surface area contributed by atoms with Crippen LogP contribution in [0.5, 0.6) is 0 Å². The number of carbonyl (C=O) groups excluding carboxylic acids is 2. The molecule has 1 rings (SSSR count). The third kappa shape index (κ3) is 6.93. The summed E-state index contributed by atoms with van der Waals surface area (Å²) >= 11 is 0. The quantitative estimate of drug-likeness (QED) is 0.639. The fourth-order valence-corrected chi connectivity index (χ4v) is 2.77. The van der Waals surface area contributed by atoms with Crippen LogP contribution in [0.15, 0.2) is 0 Å². The summed E-state index contributed by atoms with van der Waals surface area (Å²) in [6.07, 6.45) is 6.65. The summed E-state index contributed by atoms with van der Waals surface area (Å²) in [5.74, 6) is 0.429. The van der Waals surface area contributed by atoms with Gasteiger partial charge in [-0.3, -0.25) is 9.59 Å². The molecular weight excluding hydrogens is 268 g/mol. The van der Waals surface area contributed by atoms with Gasteiger partial charge in [0.25, 0.3) is 0 Å². The monoisotopic (exact) mass is 298 g/mol. The summed E-state index contributed by atoms with van der Waals surface area (Å²) in [4.78, 5) is 23.9. The smallest absolute Gasteiger partial charge is 0.223 e. The van der Waals surface area contributed by atoms with Crippen molar-refractivity contribution >= 4 is 11.8 Å². The van der Waals surface area contributed by atoms with E-state index in [4.69, 9.17) is 4.74 Å². The van der Waals surface area contributed by atoms with Crippen LogP contribution in [0.3, 0.4) is 0 Å². The minimum absolute atomic E-state index is 0.0611. The SMILES string of the molecule is CCCCCNC(=O)C1CCC(C(=O)NCCOC)CC1. The number of rotatable bonds is 9. The minimum Gasteiger partial charge on any atom is -0.383 e. The van der Waals surface area contributed by atoms with Crippen LogP contribution in [0.1, 0.15) is 51.9 Å². The van der Waals surface area contributed by atoms with Gasteiger partial charge in [-0.1, -0.05) is 19.8 Å². The second kappa shape index (κ2) is 10.6.